The molecule has 3 N–H and O–H groups in total. The number of sulfonamides is 1. The first kappa shape index (κ1) is 43.2. The van der Waals surface area contributed by atoms with Crippen LogP contribution in [0.5, 0.6) is 11.6 Å². The summed E-state index contributed by atoms with van der Waals surface area (Å²) in [5.74, 6) is -4.50. The fourth-order valence-electron chi connectivity index (χ4n) is 7.43. The maximum absolute atomic E-state index is 16.1. The molecule has 2 aromatic rings. The summed E-state index contributed by atoms with van der Waals surface area (Å²) in [5, 5.41) is 4.78. The Kier molecular flexibility index (Phi) is 12.4. The van der Waals surface area contributed by atoms with Crippen LogP contribution in [-0.4, -0.2) is 102 Å². The molecular formula is C39H59F3N6O9S. The zero-order chi connectivity index (χ0) is 42.3. The number of hydrogen-bond acceptors (Lipinski definition) is 11. The Balaban J connectivity index is 0.00000136. The molecule has 1 aromatic heterocycles. The van der Waals surface area contributed by atoms with Gasteiger partial charge in [0.1, 0.15) is 47.9 Å². The van der Waals surface area contributed by atoms with Gasteiger partial charge in [0.2, 0.25) is 34.1 Å². The number of carbonyl (C=O) groups excluding carboxylic acids is 4. The summed E-state index contributed by atoms with van der Waals surface area (Å²) in [7, 11) is -2.78. The summed E-state index contributed by atoms with van der Waals surface area (Å²) in [6, 6.07) is 3.42. The molecule has 3 aliphatic carbocycles. The Labute approximate surface area is 340 Å². The van der Waals surface area contributed by atoms with E-state index in [-0.39, 0.29) is 53.7 Å². The number of carbonyl (C=O) groups is 4. The van der Waals surface area contributed by atoms with Crippen LogP contribution in [0.2, 0.25) is 0 Å². The molecule has 4 amide bonds. The van der Waals surface area contributed by atoms with Gasteiger partial charge in [-0.1, -0.05) is 40.5 Å². The van der Waals surface area contributed by atoms with Crippen LogP contribution in [0, 0.1) is 23.7 Å². The first-order chi connectivity index (χ1) is 27.3. The first-order valence-corrected chi connectivity index (χ1v) is 21.3. The van der Waals surface area contributed by atoms with E-state index in [2.05, 4.69) is 41.4 Å². The SMILES string of the molecule is CC(C)C.COc1ccc2nc3c(nc2c1)O[C@H]1CN(C(=O)CNC(=O)O[C@@H]2C[C@H]2CCCCC3F)[C@H](C(=O)N[C@]2(C(=O)NS(=O)(=O)C3(C)CC3)C[C@H]2C(F)F)[C@@H]1C.[HH].[HH].[HH]. The van der Waals surface area contributed by atoms with Crippen LogP contribution in [0.25, 0.3) is 11.0 Å². The molecule has 1 unspecified atom stereocenters. The van der Waals surface area contributed by atoms with Gasteiger partial charge in [0, 0.05) is 16.3 Å². The van der Waals surface area contributed by atoms with Gasteiger partial charge in [-0.25, -0.2) is 36.4 Å². The van der Waals surface area contributed by atoms with Crippen molar-refractivity contribution in [3.63, 3.8) is 0 Å². The van der Waals surface area contributed by atoms with E-state index in [1.54, 1.807) is 25.1 Å². The van der Waals surface area contributed by atoms with Crippen LogP contribution in [-0.2, 0) is 29.1 Å². The molecule has 3 saturated carbocycles. The number of methoxy groups -OCH3 is 1. The third-order valence-corrected chi connectivity index (χ3v) is 13.7. The molecule has 19 heteroatoms. The Morgan fingerprint density at radius 3 is 2.40 bits per heavy atom. The molecule has 4 fully saturated rings. The highest BCUT2D eigenvalue weighted by Crippen LogP contribution is 2.50. The summed E-state index contributed by atoms with van der Waals surface area (Å²) < 4.78 is 87.8. The number of nitrogens with one attached hydrogen (secondary N) is 3. The Bertz CT molecular complexity index is 2040. The first-order valence-electron chi connectivity index (χ1n) is 19.9. The highest BCUT2D eigenvalue weighted by atomic mass is 32.2. The normalized spacial score (nSPS) is 30.5. The molecule has 5 aliphatic rings. The molecule has 8 atom stereocenters. The molecule has 326 valence electrons. The maximum Gasteiger partial charge on any atom is 0.407 e. The number of amides is 4. The third kappa shape index (κ3) is 9.23. The molecule has 0 radical (unpaired) electrons. The van der Waals surface area contributed by atoms with E-state index in [1.807, 2.05) is 4.72 Å². The second kappa shape index (κ2) is 16.7. The number of rotatable bonds is 7. The lowest BCUT2D eigenvalue weighted by Gasteiger charge is -2.28. The average Bonchev–Trinajstić information content (AvgIpc) is 4.10. The molecule has 2 bridgehead atoms. The molecule has 1 saturated heterocycles. The van der Waals surface area contributed by atoms with Gasteiger partial charge >= 0.3 is 6.09 Å². The van der Waals surface area contributed by atoms with Crippen LogP contribution in [0.4, 0.5) is 18.0 Å². The number of hydrogen-bond donors (Lipinski definition) is 3. The van der Waals surface area contributed by atoms with Gasteiger partial charge < -0.3 is 29.7 Å². The number of fused-ring (bicyclic) bond motifs is 5. The highest BCUT2D eigenvalue weighted by Gasteiger charge is 2.67. The summed E-state index contributed by atoms with van der Waals surface area (Å²) in [5.41, 5.74) is -1.65. The number of alkyl carbamates (subject to hydrolysis) is 1. The molecule has 2 aliphatic heterocycles. The molecule has 1 aromatic carbocycles. The Hall–Kier alpha value is -4.42. The third-order valence-electron chi connectivity index (χ3n) is 11.5. The van der Waals surface area contributed by atoms with Crippen LogP contribution in [0.15, 0.2) is 18.2 Å². The second-order valence-corrected chi connectivity index (χ2v) is 19.2. The van der Waals surface area contributed by atoms with Crippen molar-refractivity contribution < 1.29 is 59.3 Å². The summed E-state index contributed by atoms with van der Waals surface area (Å²) in [6.45, 7) is 8.57. The summed E-state index contributed by atoms with van der Waals surface area (Å²) in [6.07, 6.45) is -4.34. The van der Waals surface area contributed by atoms with Crippen LogP contribution in [0.3, 0.4) is 0 Å². The van der Waals surface area contributed by atoms with E-state index in [4.69, 9.17) is 14.2 Å². The van der Waals surface area contributed by atoms with Gasteiger partial charge in [0.15, 0.2) is 0 Å². The number of nitrogens with zero attached hydrogens (tertiary/aromatic N) is 3. The van der Waals surface area contributed by atoms with Crippen molar-refractivity contribution in [1.29, 1.82) is 0 Å². The van der Waals surface area contributed by atoms with Crippen LogP contribution >= 0.6 is 0 Å². The van der Waals surface area contributed by atoms with E-state index in [9.17, 15) is 36.4 Å². The van der Waals surface area contributed by atoms with E-state index in [1.165, 1.54) is 14.0 Å². The van der Waals surface area contributed by atoms with Crippen molar-refractivity contribution in [2.24, 2.45) is 23.7 Å². The van der Waals surface area contributed by atoms with E-state index < -0.39 is 93.7 Å². The highest BCUT2D eigenvalue weighted by molar-refractivity contribution is 7.91. The van der Waals surface area contributed by atoms with Crippen molar-refractivity contribution in [2.45, 2.75) is 127 Å². The number of ether oxygens (including phenoxy) is 3. The predicted octanol–water partition coefficient (Wildman–Crippen LogP) is 5.47. The van der Waals surface area contributed by atoms with Crippen molar-refractivity contribution >= 4 is 44.9 Å². The minimum absolute atomic E-state index is 0. The van der Waals surface area contributed by atoms with Crippen LogP contribution in [0.1, 0.15) is 102 Å². The Morgan fingerprint density at radius 2 is 1.76 bits per heavy atom. The minimum Gasteiger partial charge on any atom is -0.497 e. The zero-order valence-electron chi connectivity index (χ0n) is 33.6. The van der Waals surface area contributed by atoms with Gasteiger partial charge in [-0.3, -0.25) is 19.1 Å². The van der Waals surface area contributed by atoms with Gasteiger partial charge in [0.25, 0.3) is 5.91 Å². The quantitative estimate of drug-likeness (QED) is 0.320. The summed E-state index contributed by atoms with van der Waals surface area (Å²) >= 11 is 0. The van der Waals surface area contributed by atoms with E-state index in [0.29, 0.717) is 42.5 Å². The maximum atomic E-state index is 16.1. The minimum atomic E-state index is -4.25. The van der Waals surface area contributed by atoms with Gasteiger partial charge in [-0.15, -0.1) is 0 Å². The van der Waals surface area contributed by atoms with Gasteiger partial charge in [-0.05, 0) is 69.4 Å². The lowest BCUT2D eigenvalue weighted by Crippen LogP contribution is -2.59. The van der Waals surface area contributed by atoms with Gasteiger partial charge in [-0.2, -0.15) is 0 Å². The molecule has 3 heterocycles. The number of alkyl halides is 3. The molecular weight excluding hydrogens is 786 g/mol. The predicted molar refractivity (Wildman–Crippen MR) is 210 cm³/mol. The Morgan fingerprint density at radius 1 is 1.07 bits per heavy atom. The number of halogens is 3. The lowest BCUT2D eigenvalue weighted by molar-refractivity contribution is -0.140. The lowest BCUT2D eigenvalue weighted by atomic mass is 9.98. The fraction of sp³-hybridized carbons (Fsp3) is 0.692. The van der Waals surface area contributed by atoms with Crippen molar-refractivity contribution in [2.75, 3.05) is 20.2 Å². The van der Waals surface area contributed by atoms with Gasteiger partial charge in [0.05, 0.1) is 35.4 Å². The fourth-order valence-corrected chi connectivity index (χ4v) is 8.74. The van der Waals surface area contributed by atoms with E-state index >= 15 is 4.39 Å². The zero-order valence-corrected chi connectivity index (χ0v) is 34.4. The van der Waals surface area contributed by atoms with Crippen molar-refractivity contribution in [1.82, 2.24) is 30.2 Å². The standard InChI is InChI=1S/C35H43F3N6O9S.C4H10.3H2/c1-17-25-16-44(28(17)30(46)42-35(14-20(35)29(37)38)32(47)43-54(49,50)34(2)10-11-34)26(45)15-39-33(48)53-24-12-18(24)6-4-5-7-21(36)27-31(52-25)41-23-13-19(51-3)8-9-22(23)40-27;1-4(2)3;;;/h8-9,13,17-18,20-21,24-25,28-29H,4-7,10-12,14-16H2,1-3H3,(H,39,48)(H,42,46)(H,43,47);4H,1-3H3;3*1H/t17-,18-,20+,21?,24-,25+,28+,35-;;;;/m1..../s1. The largest absolute Gasteiger partial charge is 0.497 e. The average molecular weight is 845 g/mol. The van der Waals surface area contributed by atoms with Crippen molar-refractivity contribution in [3.8, 4) is 11.6 Å². The second-order valence-electron chi connectivity index (χ2n) is 17.0. The molecule has 7 rings (SSSR count). The van der Waals surface area contributed by atoms with Crippen LogP contribution < -0.4 is 24.8 Å². The molecule has 58 heavy (non-hydrogen) atoms. The van der Waals surface area contributed by atoms with Crippen molar-refractivity contribution in [3.05, 3.63) is 23.9 Å². The summed E-state index contributed by atoms with van der Waals surface area (Å²) in [4.78, 5) is 64.1. The number of benzene rings is 1. The monoisotopic (exact) mass is 844 g/mol. The topological polar surface area (TPSA) is 195 Å². The molecule has 0 spiro atoms. The van der Waals surface area contributed by atoms with E-state index in [0.717, 1.165) is 10.8 Å². The molecule has 15 nitrogen and oxygen atoms in total. The smallest absolute Gasteiger partial charge is 0.407 e. The number of aromatic nitrogens is 2.